The molecule has 1 aromatic heterocycles. The summed E-state index contributed by atoms with van der Waals surface area (Å²) in [6, 6.07) is 15.5. The molecule has 0 unspecified atom stereocenters. The summed E-state index contributed by atoms with van der Waals surface area (Å²) in [7, 11) is -3.79. The molecule has 1 heterocycles. The Labute approximate surface area is 177 Å². The smallest absolute Gasteiger partial charge is 0.261 e. The molecule has 5 nitrogen and oxygen atoms in total. The van der Waals surface area contributed by atoms with Crippen molar-refractivity contribution in [3.8, 4) is 11.3 Å². The molecule has 0 fully saturated rings. The van der Waals surface area contributed by atoms with Crippen LogP contribution in [0.5, 0.6) is 0 Å². The highest BCUT2D eigenvalue weighted by atomic mass is 35.5. The highest BCUT2D eigenvalue weighted by Crippen LogP contribution is 2.33. The largest absolute Gasteiger partial charge is 0.326 e. The zero-order valence-electron chi connectivity index (χ0n) is 16.6. The van der Waals surface area contributed by atoms with E-state index in [-0.39, 0.29) is 16.9 Å². The van der Waals surface area contributed by atoms with Gasteiger partial charge in [-0.05, 0) is 52.9 Å². The standard InChI is InChI=1S/C22H24ClN3O2S/c1-22(2,3)16-6-9-18(10-7-16)29(27,28)26-20-11-8-17(23)13-19(20)21-15(14-24)5-4-12-25-21/h4-13,26H,14,24H2,1-3H3. The molecule has 0 bridgehead atoms. The van der Waals surface area contributed by atoms with E-state index in [2.05, 4.69) is 30.5 Å². The van der Waals surface area contributed by atoms with E-state index in [1.165, 1.54) is 0 Å². The van der Waals surface area contributed by atoms with Crippen molar-refractivity contribution in [1.29, 1.82) is 0 Å². The first-order valence-electron chi connectivity index (χ1n) is 9.19. The molecule has 3 N–H and O–H groups in total. The molecule has 0 saturated heterocycles. The maximum absolute atomic E-state index is 13.0. The number of nitrogens with two attached hydrogens (primary N) is 1. The van der Waals surface area contributed by atoms with Gasteiger partial charge in [0.05, 0.1) is 16.3 Å². The molecular weight excluding hydrogens is 406 g/mol. The summed E-state index contributed by atoms with van der Waals surface area (Å²) >= 11 is 6.17. The number of halogens is 1. The third-order valence-corrected chi connectivity index (χ3v) is 6.24. The zero-order chi connectivity index (χ0) is 21.2. The lowest BCUT2D eigenvalue weighted by atomic mass is 9.87. The van der Waals surface area contributed by atoms with Gasteiger partial charge in [0.2, 0.25) is 0 Å². The quantitative estimate of drug-likeness (QED) is 0.600. The van der Waals surface area contributed by atoms with Crippen LogP contribution >= 0.6 is 11.6 Å². The number of hydrogen-bond donors (Lipinski definition) is 2. The Bertz CT molecular complexity index is 1120. The number of anilines is 1. The van der Waals surface area contributed by atoms with Crippen LogP contribution in [-0.4, -0.2) is 13.4 Å². The molecule has 29 heavy (non-hydrogen) atoms. The Morgan fingerprint density at radius 2 is 1.76 bits per heavy atom. The molecule has 0 saturated carbocycles. The molecule has 7 heteroatoms. The maximum Gasteiger partial charge on any atom is 0.261 e. The van der Waals surface area contributed by atoms with E-state index < -0.39 is 10.0 Å². The first-order valence-corrected chi connectivity index (χ1v) is 11.1. The van der Waals surface area contributed by atoms with Crippen molar-refractivity contribution < 1.29 is 8.42 Å². The first-order chi connectivity index (χ1) is 13.6. The summed E-state index contributed by atoms with van der Waals surface area (Å²) in [6.07, 6.45) is 1.64. The molecule has 0 radical (unpaired) electrons. The van der Waals surface area contributed by atoms with Crippen LogP contribution in [0.25, 0.3) is 11.3 Å². The van der Waals surface area contributed by atoms with Crippen molar-refractivity contribution >= 4 is 27.3 Å². The highest BCUT2D eigenvalue weighted by molar-refractivity contribution is 7.92. The van der Waals surface area contributed by atoms with Crippen LogP contribution in [0.4, 0.5) is 5.69 Å². The van der Waals surface area contributed by atoms with Gasteiger partial charge in [-0.25, -0.2) is 8.42 Å². The fourth-order valence-electron chi connectivity index (χ4n) is 2.98. The SMILES string of the molecule is CC(C)(C)c1ccc(S(=O)(=O)Nc2ccc(Cl)cc2-c2ncccc2CN)cc1. The number of rotatable bonds is 5. The van der Waals surface area contributed by atoms with E-state index in [0.717, 1.165) is 11.1 Å². The molecule has 0 aliphatic heterocycles. The van der Waals surface area contributed by atoms with Crippen molar-refractivity contribution in [2.24, 2.45) is 5.73 Å². The number of pyridine rings is 1. The number of benzene rings is 2. The second kappa shape index (κ2) is 8.14. The Morgan fingerprint density at radius 3 is 2.38 bits per heavy atom. The number of sulfonamides is 1. The van der Waals surface area contributed by atoms with Crippen LogP contribution in [0.15, 0.2) is 65.7 Å². The van der Waals surface area contributed by atoms with E-state index >= 15 is 0 Å². The fraction of sp³-hybridized carbons (Fsp3) is 0.227. The summed E-state index contributed by atoms with van der Waals surface area (Å²) in [5.74, 6) is 0. The molecule has 0 amide bonds. The lowest BCUT2D eigenvalue weighted by Crippen LogP contribution is -2.15. The Kier molecular flexibility index (Phi) is 5.98. The summed E-state index contributed by atoms with van der Waals surface area (Å²) < 4.78 is 28.7. The van der Waals surface area contributed by atoms with E-state index in [4.69, 9.17) is 17.3 Å². The molecular formula is C22H24ClN3O2S. The van der Waals surface area contributed by atoms with Crippen molar-refractivity contribution in [2.45, 2.75) is 37.6 Å². The predicted octanol–water partition coefficient (Wildman–Crippen LogP) is 4.96. The van der Waals surface area contributed by atoms with Crippen LogP contribution in [0.2, 0.25) is 5.02 Å². The van der Waals surface area contributed by atoms with Gasteiger partial charge in [-0.1, -0.05) is 50.6 Å². The summed E-state index contributed by atoms with van der Waals surface area (Å²) in [6.45, 7) is 6.51. The number of hydrogen-bond acceptors (Lipinski definition) is 4. The molecule has 0 atom stereocenters. The Morgan fingerprint density at radius 1 is 1.07 bits per heavy atom. The van der Waals surface area contributed by atoms with Gasteiger partial charge in [0.25, 0.3) is 10.0 Å². The van der Waals surface area contributed by atoms with Crippen LogP contribution in [0.3, 0.4) is 0 Å². The minimum Gasteiger partial charge on any atom is -0.326 e. The minimum absolute atomic E-state index is 0.0589. The Balaban J connectivity index is 2.02. The van der Waals surface area contributed by atoms with Crippen LogP contribution in [0, 0.1) is 0 Å². The lowest BCUT2D eigenvalue weighted by Gasteiger charge is -2.19. The number of nitrogens with zero attached hydrogens (tertiary/aromatic N) is 1. The van der Waals surface area contributed by atoms with E-state index in [9.17, 15) is 8.42 Å². The van der Waals surface area contributed by atoms with Crippen molar-refractivity contribution in [3.63, 3.8) is 0 Å². The van der Waals surface area contributed by atoms with E-state index in [0.29, 0.717) is 22.0 Å². The van der Waals surface area contributed by atoms with Crippen molar-refractivity contribution in [1.82, 2.24) is 4.98 Å². The van der Waals surface area contributed by atoms with Gasteiger partial charge >= 0.3 is 0 Å². The number of nitrogens with one attached hydrogen (secondary N) is 1. The van der Waals surface area contributed by atoms with Gasteiger partial charge in [-0.3, -0.25) is 9.71 Å². The molecule has 152 valence electrons. The van der Waals surface area contributed by atoms with Crippen molar-refractivity contribution in [2.75, 3.05) is 4.72 Å². The fourth-order valence-corrected chi connectivity index (χ4v) is 4.24. The van der Waals surface area contributed by atoms with Gasteiger partial charge < -0.3 is 5.73 Å². The highest BCUT2D eigenvalue weighted by Gasteiger charge is 2.20. The topological polar surface area (TPSA) is 85.1 Å². The van der Waals surface area contributed by atoms with Gasteiger partial charge in [0.15, 0.2) is 0 Å². The van der Waals surface area contributed by atoms with E-state index in [1.54, 1.807) is 42.6 Å². The summed E-state index contributed by atoms with van der Waals surface area (Å²) in [4.78, 5) is 4.58. The third-order valence-electron chi connectivity index (χ3n) is 4.62. The van der Waals surface area contributed by atoms with Crippen LogP contribution in [-0.2, 0) is 22.0 Å². The molecule has 3 aromatic rings. The lowest BCUT2D eigenvalue weighted by molar-refractivity contribution is 0.587. The van der Waals surface area contributed by atoms with Crippen LogP contribution in [0.1, 0.15) is 31.9 Å². The Hall–Kier alpha value is -2.41. The molecule has 0 aliphatic carbocycles. The third kappa shape index (κ3) is 4.78. The maximum atomic E-state index is 13.0. The molecule has 0 spiro atoms. The average molecular weight is 430 g/mol. The monoisotopic (exact) mass is 429 g/mol. The summed E-state index contributed by atoms with van der Waals surface area (Å²) in [5.41, 5.74) is 9.19. The van der Waals surface area contributed by atoms with Gasteiger partial charge in [-0.15, -0.1) is 0 Å². The second-order valence-corrected chi connectivity index (χ2v) is 9.90. The first kappa shape index (κ1) is 21.3. The van der Waals surface area contributed by atoms with Gasteiger partial charge in [-0.2, -0.15) is 0 Å². The van der Waals surface area contributed by atoms with Crippen LogP contribution < -0.4 is 10.5 Å². The molecule has 3 rings (SSSR count). The van der Waals surface area contributed by atoms with E-state index in [1.807, 2.05) is 18.2 Å². The average Bonchev–Trinajstić information content (AvgIpc) is 2.68. The van der Waals surface area contributed by atoms with Gasteiger partial charge in [0, 0.05) is 23.3 Å². The number of aromatic nitrogens is 1. The minimum atomic E-state index is -3.79. The normalized spacial score (nSPS) is 12.0. The second-order valence-electron chi connectivity index (χ2n) is 7.79. The zero-order valence-corrected chi connectivity index (χ0v) is 18.2. The summed E-state index contributed by atoms with van der Waals surface area (Å²) in [5, 5.41) is 0.478. The molecule has 2 aromatic carbocycles. The predicted molar refractivity (Wildman–Crippen MR) is 119 cm³/mol. The molecule has 0 aliphatic rings. The van der Waals surface area contributed by atoms with Crippen molar-refractivity contribution in [3.05, 3.63) is 76.9 Å². The van der Waals surface area contributed by atoms with Gasteiger partial charge in [0.1, 0.15) is 0 Å².